The fourth-order valence-electron chi connectivity index (χ4n) is 2.27. The van der Waals surface area contributed by atoms with E-state index in [2.05, 4.69) is 10.6 Å². The quantitative estimate of drug-likeness (QED) is 0.853. The highest BCUT2D eigenvalue weighted by Crippen LogP contribution is 2.32. The SMILES string of the molecule is O=C(CNCc1ccccc1Cl)NCc1ccc2c(c1)OCO2. The first-order valence-corrected chi connectivity index (χ1v) is 7.69. The van der Waals surface area contributed by atoms with Crippen molar-refractivity contribution in [2.75, 3.05) is 13.3 Å². The molecule has 2 N–H and O–H groups in total. The number of halogens is 1. The summed E-state index contributed by atoms with van der Waals surface area (Å²) in [5, 5.41) is 6.63. The third-order valence-electron chi connectivity index (χ3n) is 3.49. The molecule has 0 saturated heterocycles. The molecule has 6 heteroatoms. The molecule has 3 rings (SSSR count). The first-order valence-electron chi connectivity index (χ1n) is 7.32. The Bertz CT molecular complexity index is 706. The summed E-state index contributed by atoms with van der Waals surface area (Å²) in [5.74, 6) is 1.38. The Balaban J connectivity index is 1.42. The second-order valence-corrected chi connectivity index (χ2v) is 5.57. The number of amides is 1. The van der Waals surface area contributed by atoms with E-state index in [0.717, 1.165) is 16.9 Å². The maximum Gasteiger partial charge on any atom is 0.234 e. The number of carbonyl (C=O) groups excluding carboxylic acids is 1. The lowest BCUT2D eigenvalue weighted by molar-refractivity contribution is -0.120. The summed E-state index contributed by atoms with van der Waals surface area (Å²) in [6.45, 7) is 1.48. The van der Waals surface area contributed by atoms with Gasteiger partial charge in [-0.25, -0.2) is 0 Å². The Morgan fingerprint density at radius 1 is 1.09 bits per heavy atom. The highest BCUT2D eigenvalue weighted by atomic mass is 35.5. The summed E-state index contributed by atoms with van der Waals surface area (Å²) in [6, 6.07) is 13.2. The van der Waals surface area contributed by atoms with Crippen molar-refractivity contribution < 1.29 is 14.3 Å². The molecule has 0 bridgehead atoms. The van der Waals surface area contributed by atoms with Crippen LogP contribution in [0.15, 0.2) is 42.5 Å². The van der Waals surface area contributed by atoms with E-state index in [-0.39, 0.29) is 19.2 Å². The van der Waals surface area contributed by atoms with Gasteiger partial charge in [-0.1, -0.05) is 35.9 Å². The van der Waals surface area contributed by atoms with E-state index >= 15 is 0 Å². The summed E-state index contributed by atoms with van der Waals surface area (Å²) >= 11 is 6.06. The maximum atomic E-state index is 11.9. The standard InChI is InChI=1S/C17H17ClN2O3/c18-14-4-2-1-3-13(14)9-19-10-17(21)20-8-12-5-6-15-16(7-12)23-11-22-15/h1-7,19H,8-11H2,(H,20,21). The van der Waals surface area contributed by atoms with E-state index in [1.54, 1.807) is 0 Å². The van der Waals surface area contributed by atoms with Gasteiger partial charge in [0.15, 0.2) is 11.5 Å². The molecule has 1 aliphatic heterocycles. The summed E-state index contributed by atoms with van der Waals surface area (Å²) in [6.07, 6.45) is 0. The van der Waals surface area contributed by atoms with Crippen molar-refractivity contribution in [2.45, 2.75) is 13.1 Å². The molecule has 120 valence electrons. The molecule has 5 nitrogen and oxygen atoms in total. The fraction of sp³-hybridized carbons (Fsp3) is 0.235. The third kappa shape index (κ3) is 4.15. The Morgan fingerprint density at radius 2 is 1.91 bits per heavy atom. The summed E-state index contributed by atoms with van der Waals surface area (Å²) in [7, 11) is 0. The molecule has 0 aromatic heterocycles. The van der Waals surface area contributed by atoms with Gasteiger partial charge in [-0.15, -0.1) is 0 Å². The van der Waals surface area contributed by atoms with Crippen LogP contribution in [0, 0.1) is 0 Å². The van der Waals surface area contributed by atoms with Crippen LogP contribution in [-0.2, 0) is 17.9 Å². The van der Waals surface area contributed by atoms with Gasteiger partial charge < -0.3 is 20.1 Å². The van der Waals surface area contributed by atoms with E-state index in [1.807, 2.05) is 42.5 Å². The lowest BCUT2D eigenvalue weighted by Crippen LogP contribution is -2.33. The smallest absolute Gasteiger partial charge is 0.234 e. The van der Waals surface area contributed by atoms with Crippen LogP contribution in [0.5, 0.6) is 11.5 Å². The van der Waals surface area contributed by atoms with Crippen LogP contribution in [-0.4, -0.2) is 19.2 Å². The highest BCUT2D eigenvalue weighted by molar-refractivity contribution is 6.31. The van der Waals surface area contributed by atoms with Gasteiger partial charge in [-0.2, -0.15) is 0 Å². The second kappa shape index (κ2) is 7.35. The van der Waals surface area contributed by atoms with Crippen molar-refractivity contribution in [3.05, 3.63) is 58.6 Å². The van der Waals surface area contributed by atoms with Crippen molar-refractivity contribution in [3.8, 4) is 11.5 Å². The molecular weight excluding hydrogens is 316 g/mol. The van der Waals surface area contributed by atoms with Crippen LogP contribution in [0.2, 0.25) is 5.02 Å². The Labute approximate surface area is 139 Å². The molecule has 0 aliphatic carbocycles. The number of hydrogen-bond acceptors (Lipinski definition) is 4. The van der Waals surface area contributed by atoms with Crippen molar-refractivity contribution in [1.82, 2.24) is 10.6 Å². The van der Waals surface area contributed by atoms with Crippen LogP contribution < -0.4 is 20.1 Å². The van der Waals surface area contributed by atoms with Crippen LogP contribution in [0.25, 0.3) is 0 Å². The molecule has 0 unspecified atom stereocenters. The highest BCUT2D eigenvalue weighted by Gasteiger charge is 2.13. The molecule has 1 aliphatic rings. The maximum absolute atomic E-state index is 11.9. The number of ether oxygens (including phenoxy) is 2. The minimum Gasteiger partial charge on any atom is -0.454 e. The van der Waals surface area contributed by atoms with E-state index in [9.17, 15) is 4.79 Å². The van der Waals surface area contributed by atoms with Gasteiger partial charge in [-0.05, 0) is 29.3 Å². The van der Waals surface area contributed by atoms with Gasteiger partial charge in [-0.3, -0.25) is 4.79 Å². The zero-order chi connectivity index (χ0) is 16.1. The molecule has 0 fully saturated rings. The first-order chi connectivity index (χ1) is 11.2. The second-order valence-electron chi connectivity index (χ2n) is 5.16. The number of benzene rings is 2. The molecule has 2 aromatic carbocycles. The summed E-state index contributed by atoms with van der Waals surface area (Å²) in [5.41, 5.74) is 1.94. The van der Waals surface area contributed by atoms with Crippen LogP contribution in [0.4, 0.5) is 0 Å². The van der Waals surface area contributed by atoms with Gasteiger partial charge in [0.2, 0.25) is 12.7 Å². The van der Waals surface area contributed by atoms with E-state index < -0.39 is 0 Å². The Kier molecular flexibility index (Phi) is 5.00. The van der Waals surface area contributed by atoms with E-state index in [4.69, 9.17) is 21.1 Å². The van der Waals surface area contributed by atoms with Crippen molar-refractivity contribution >= 4 is 17.5 Å². The lowest BCUT2D eigenvalue weighted by Gasteiger charge is -2.08. The van der Waals surface area contributed by atoms with Crippen molar-refractivity contribution in [3.63, 3.8) is 0 Å². The number of carbonyl (C=O) groups is 1. The molecule has 0 spiro atoms. The molecule has 1 heterocycles. The van der Waals surface area contributed by atoms with Crippen molar-refractivity contribution in [2.24, 2.45) is 0 Å². The van der Waals surface area contributed by atoms with Crippen LogP contribution in [0.3, 0.4) is 0 Å². The molecule has 0 atom stereocenters. The lowest BCUT2D eigenvalue weighted by atomic mass is 10.2. The number of fused-ring (bicyclic) bond motifs is 1. The van der Waals surface area contributed by atoms with Gasteiger partial charge in [0.1, 0.15) is 0 Å². The van der Waals surface area contributed by atoms with Gasteiger partial charge in [0.25, 0.3) is 0 Å². The number of hydrogen-bond donors (Lipinski definition) is 2. The molecular formula is C17H17ClN2O3. The largest absolute Gasteiger partial charge is 0.454 e. The van der Waals surface area contributed by atoms with Gasteiger partial charge in [0.05, 0.1) is 6.54 Å². The minimum absolute atomic E-state index is 0.0743. The first kappa shape index (κ1) is 15.6. The minimum atomic E-state index is -0.0743. The molecule has 0 radical (unpaired) electrons. The fourth-order valence-corrected chi connectivity index (χ4v) is 2.47. The molecule has 23 heavy (non-hydrogen) atoms. The average molecular weight is 333 g/mol. The summed E-state index contributed by atoms with van der Waals surface area (Å²) in [4.78, 5) is 11.9. The summed E-state index contributed by atoms with van der Waals surface area (Å²) < 4.78 is 10.6. The van der Waals surface area contributed by atoms with Gasteiger partial charge in [0, 0.05) is 18.1 Å². The zero-order valence-electron chi connectivity index (χ0n) is 12.5. The van der Waals surface area contributed by atoms with Gasteiger partial charge >= 0.3 is 0 Å². The average Bonchev–Trinajstić information content (AvgIpc) is 3.02. The number of rotatable bonds is 6. The zero-order valence-corrected chi connectivity index (χ0v) is 13.2. The van der Waals surface area contributed by atoms with Crippen LogP contribution in [0.1, 0.15) is 11.1 Å². The van der Waals surface area contributed by atoms with Crippen LogP contribution >= 0.6 is 11.6 Å². The monoisotopic (exact) mass is 332 g/mol. The predicted octanol–water partition coefficient (Wildman–Crippen LogP) is 2.47. The normalized spacial score (nSPS) is 12.2. The topological polar surface area (TPSA) is 59.6 Å². The Morgan fingerprint density at radius 3 is 2.78 bits per heavy atom. The molecule has 0 saturated carbocycles. The Hall–Kier alpha value is -2.24. The predicted molar refractivity (Wildman–Crippen MR) is 87.6 cm³/mol. The third-order valence-corrected chi connectivity index (χ3v) is 3.85. The van der Waals surface area contributed by atoms with E-state index in [1.165, 1.54) is 0 Å². The van der Waals surface area contributed by atoms with Crippen molar-refractivity contribution in [1.29, 1.82) is 0 Å². The van der Waals surface area contributed by atoms with E-state index in [0.29, 0.717) is 23.9 Å². The number of nitrogens with one attached hydrogen (secondary N) is 2. The molecule has 2 aromatic rings. The molecule has 1 amide bonds.